The molecule has 0 unspecified atom stereocenters. The highest BCUT2D eigenvalue weighted by Gasteiger charge is 2.16. The van der Waals surface area contributed by atoms with E-state index in [0.717, 1.165) is 16.9 Å². The van der Waals surface area contributed by atoms with Gasteiger partial charge in [0.1, 0.15) is 0 Å². The third-order valence-electron chi connectivity index (χ3n) is 8.13. The van der Waals surface area contributed by atoms with Crippen LogP contribution in [0.2, 0.25) is 0 Å². The molecule has 7 aromatic carbocycles. The van der Waals surface area contributed by atoms with Crippen LogP contribution in [0.4, 0.5) is 5.69 Å². The molecule has 0 bridgehead atoms. The molecule has 0 aromatic heterocycles. The van der Waals surface area contributed by atoms with Gasteiger partial charge in [-0.3, -0.25) is 0 Å². The van der Waals surface area contributed by atoms with E-state index in [1.165, 1.54) is 59.8 Å². The zero-order chi connectivity index (χ0) is 26.5. The minimum absolute atomic E-state index is 0.987. The van der Waals surface area contributed by atoms with Gasteiger partial charge in [0.15, 0.2) is 0 Å². The Balaban J connectivity index is 1.46. The van der Waals surface area contributed by atoms with Crippen LogP contribution in [0.3, 0.4) is 0 Å². The lowest BCUT2D eigenvalue weighted by atomic mass is 9.87. The van der Waals surface area contributed by atoms with E-state index in [1.807, 2.05) is 6.07 Å². The molecule has 0 aliphatic heterocycles. The van der Waals surface area contributed by atoms with Gasteiger partial charge in [0.25, 0.3) is 0 Å². The van der Waals surface area contributed by atoms with Crippen LogP contribution >= 0.6 is 0 Å². The third-order valence-corrected chi connectivity index (χ3v) is 8.13. The van der Waals surface area contributed by atoms with E-state index >= 15 is 0 Å². The molecule has 0 aliphatic carbocycles. The highest BCUT2D eigenvalue weighted by atomic mass is 15.1. The van der Waals surface area contributed by atoms with Gasteiger partial charge in [-0.15, -0.1) is 0 Å². The van der Waals surface area contributed by atoms with Crippen LogP contribution < -0.4 is 4.90 Å². The van der Waals surface area contributed by atoms with E-state index in [2.05, 4.69) is 147 Å². The SMILES string of the molecule is C=C(c1ccccc1)N(C)c1ccc(-c2cc3c4ccccc4c4ccccc4c3c3ccccc23)cc1C. The maximum absolute atomic E-state index is 4.38. The summed E-state index contributed by atoms with van der Waals surface area (Å²) in [6.07, 6.45) is 0. The fourth-order valence-corrected chi connectivity index (χ4v) is 6.17. The zero-order valence-corrected chi connectivity index (χ0v) is 22.3. The van der Waals surface area contributed by atoms with E-state index in [-0.39, 0.29) is 0 Å². The fraction of sp³-hybridized carbons (Fsp3) is 0.0526. The Morgan fingerprint density at radius 3 is 1.69 bits per heavy atom. The monoisotopic (exact) mass is 499 g/mol. The largest absolute Gasteiger partial charge is 0.344 e. The van der Waals surface area contributed by atoms with Gasteiger partial charge in [-0.05, 0) is 90.5 Å². The predicted octanol–water partition coefficient (Wildman–Crippen LogP) is 10.4. The minimum Gasteiger partial charge on any atom is -0.344 e. The topological polar surface area (TPSA) is 3.24 Å². The Hall–Kier alpha value is -4.88. The van der Waals surface area contributed by atoms with Crippen LogP contribution in [0, 0.1) is 6.92 Å². The van der Waals surface area contributed by atoms with Crippen molar-refractivity contribution in [3.63, 3.8) is 0 Å². The molecule has 7 rings (SSSR count). The number of hydrogen-bond donors (Lipinski definition) is 0. The highest BCUT2D eigenvalue weighted by molar-refractivity contribution is 6.33. The summed E-state index contributed by atoms with van der Waals surface area (Å²) in [5, 5.41) is 10.4. The maximum Gasteiger partial charge on any atom is 0.0438 e. The van der Waals surface area contributed by atoms with Gasteiger partial charge >= 0.3 is 0 Å². The van der Waals surface area contributed by atoms with Gasteiger partial charge in [-0.1, -0.05) is 116 Å². The molecule has 0 saturated heterocycles. The summed E-state index contributed by atoms with van der Waals surface area (Å²) in [4.78, 5) is 2.19. The molecule has 0 fully saturated rings. The van der Waals surface area contributed by atoms with Crippen LogP contribution in [0.15, 0.2) is 134 Å². The lowest BCUT2D eigenvalue weighted by Gasteiger charge is -2.24. The molecule has 0 atom stereocenters. The number of aryl methyl sites for hydroxylation is 1. The van der Waals surface area contributed by atoms with Gasteiger partial charge in [0, 0.05) is 18.4 Å². The molecule has 7 aromatic rings. The quantitative estimate of drug-likeness (QED) is 0.218. The Morgan fingerprint density at radius 2 is 1.05 bits per heavy atom. The molecule has 186 valence electrons. The first-order chi connectivity index (χ1) is 19.1. The number of hydrogen-bond acceptors (Lipinski definition) is 1. The van der Waals surface area contributed by atoms with E-state index in [0.29, 0.717) is 0 Å². The van der Waals surface area contributed by atoms with Crippen molar-refractivity contribution in [3.8, 4) is 11.1 Å². The molecular formula is C38H29N. The third kappa shape index (κ3) is 3.70. The van der Waals surface area contributed by atoms with Gasteiger partial charge in [0.05, 0.1) is 0 Å². The smallest absolute Gasteiger partial charge is 0.0438 e. The maximum atomic E-state index is 4.38. The second-order valence-electron chi connectivity index (χ2n) is 10.4. The van der Waals surface area contributed by atoms with Crippen LogP contribution in [-0.4, -0.2) is 7.05 Å². The first kappa shape index (κ1) is 23.3. The average molecular weight is 500 g/mol. The number of rotatable bonds is 4. The normalized spacial score (nSPS) is 11.4. The molecule has 0 saturated carbocycles. The molecule has 0 N–H and O–H groups in total. The van der Waals surface area contributed by atoms with Crippen molar-refractivity contribution < 1.29 is 0 Å². The average Bonchev–Trinajstić information content (AvgIpc) is 3.00. The summed E-state index contributed by atoms with van der Waals surface area (Å²) in [5.41, 5.74) is 6.99. The Morgan fingerprint density at radius 1 is 0.538 bits per heavy atom. The number of nitrogens with zero attached hydrogens (tertiary/aromatic N) is 1. The molecule has 0 aliphatic rings. The van der Waals surface area contributed by atoms with Crippen molar-refractivity contribution in [2.24, 2.45) is 0 Å². The minimum atomic E-state index is 0.987. The van der Waals surface area contributed by atoms with E-state index in [1.54, 1.807) is 0 Å². The summed E-state index contributed by atoms with van der Waals surface area (Å²) in [5.74, 6) is 0. The molecule has 0 heterocycles. The zero-order valence-electron chi connectivity index (χ0n) is 22.3. The molecule has 0 amide bonds. The fourth-order valence-electron chi connectivity index (χ4n) is 6.17. The predicted molar refractivity (Wildman–Crippen MR) is 171 cm³/mol. The standard InChI is InChI=1S/C38H29N/c1-25-23-28(21-22-37(25)39(3)26(2)27-13-5-4-6-14-27)35-24-36-31-17-8-7-15-29(31)30-16-9-11-19-33(30)38(36)34-20-12-10-18-32(34)35/h4-24H,2H2,1,3H3. The summed E-state index contributed by atoms with van der Waals surface area (Å²) < 4.78 is 0. The van der Waals surface area contributed by atoms with Crippen LogP contribution in [0.5, 0.6) is 0 Å². The lowest BCUT2D eigenvalue weighted by Crippen LogP contribution is -2.15. The second kappa shape index (κ2) is 9.15. The van der Waals surface area contributed by atoms with Crippen LogP contribution in [-0.2, 0) is 0 Å². The summed E-state index contributed by atoms with van der Waals surface area (Å²) in [7, 11) is 2.10. The first-order valence-corrected chi connectivity index (χ1v) is 13.5. The van der Waals surface area contributed by atoms with Crippen molar-refractivity contribution in [1.82, 2.24) is 0 Å². The van der Waals surface area contributed by atoms with Crippen molar-refractivity contribution in [1.29, 1.82) is 0 Å². The van der Waals surface area contributed by atoms with Gasteiger partial charge in [-0.25, -0.2) is 0 Å². The second-order valence-corrected chi connectivity index (χ2v) is 10.4. The molecular weight excluding hydrogens is 470 g/mol. The first-order valence-electron chi connectivity index (χ1n) is 13.5. The Labute approximate surface area is 229 Å². The highest BCUT2D eigenvalue weighted by Crippen LogP contribution is 2.43. The van der Waals surface area contributed by atoms with Crippen LogP contribution in [0.1, 0.15) is 11.1 Å². The summed E-state index contributed by atoms with van der Waals surface area (Å²) >= 11 is 0. The number of fused-ring (bicyclic) bond motifs is 8. The molecule has 0 radical (unpaired) electrons. The Kier molecular flexibility index (Phi) is 5.45. The van der Waals surface area contributed by atoms with E-state index in [4.69, 9.17) is 0 Å². The number of anilines is 1. The summed E-state index contributed by atoms with van der Waals surface area (Å²) in [6.45, 7) is 6.57. The molecule has 1 heteroatoms. The van der Waals surface area contributed by atoms with Crippen molar-refractivity contribution in [2.45, 2.75) is 6.92 Å². The van der Waals surface area contributed by atoms with Gasteiger partial charge in [-0.2, -0.15) is 0 Å². The number of benzene rings is 7. The van der Waals surface area contributed by atoms with E-state index in [9.17, 15) is 0 Å². The molecule has 0 spiro atoms. The van der Waals surface area contributed by atoms with E-state index < -0.39 is 0 Å². The molecule has 39 heavy (non-hydrogen) atoms. The van der Waals surface area contributed by atoms with Gasteiger partial charge in [0.2, 0.25) is 0 Å². The lowest BCUT2D eigenvalue weighted by molar-refractivity contribution is 1.20. The van der Waals surface area contributed by atoms with Crippen LogP contribution in [0.25, 0.3) is 59.9 Å². The van der Waals surface area contributed by atoms with Crippen molar-refractivity contribution >= 4 is 54.5 Å². The van der Waals surface area contributed by atoms with Gasteiger partial charge < -0.3 is 4.90 Å². The Bertz CT molecular complexity index is 2050. The van der Waals surface area contributed by atoms with Crippen molar-refractivity contribution in [3.05, 3.63) is 145 Å². The summed E-state index contributed by atoms with van der Waals surface area (Å²) in [6, 6.07) is 46.1. The van der Waals surface area contributed by atoms with Crippen molar-refractivity contribution in [2.75, 3.05) is 11.9 Å². The molecule has 1 nitrogen and oxygen atoms in total.